The molecule has 0 bridgehead atoms. The van der Waals surface area contributed by atoms with Crippen molar-refractivity contribution in [2.75, 3.05) is 17.7 Å². The summed E-state index contributed by atoms with van der Waals surface area (Å²) in [5.41, 5.74) is 2.15. The maximum absolute atomic E-state index is 12.5. The third kappa shape index (κ3) is 4.86. The zero-order valence-corrected chi connectivity index (χ0v) is 16.0. The van der Waals surface area contributed by atoms with Crippen molar-refractivity contribution >= 4 is 34.9 Å². The fourth-order valence-corrected chi connectivity index (χ4v) is 2.82. The number of hydrogen-bond donors (Lipinski definition) is 2. The quantitative estimate of drug-likeness (QED) is 0.661. The number of nitrogens with zero attached hydrogens (tertiary/aromatic N) is 2. The SMILES string of the molecule is CN(Cc1cccc(Cl)c1NC(=O)c1ccccn1)C(=O)Nc1ccccc1. The van der Waals surface area contributed by atoms with Gasteiger partial charge in [-0.2, -0.15) is 0 Å². The number of aromatic nitrogens is 1. The van der Waals surface area contributed by atoms with Crippen LogP contribution in [0.15, 0.2) is 72.9 Å². The Morgan fingerprint density at radius 2 is 1.71 bits per heavy atom. The number of carbonyl (C=O) groups excluding carboxylic acids is 2. The molecule has 0 radical (unpaired) electrons. The molecule has 0 aliphatic carbocycles. The number of nitrogens with one attached hydrogen (secondary N) is 2. The summed E-state index contributed by atoms with van der Waals surface area (Å²) < 4.78 is 0. The highest BCUT2D eigenvalue weighted by atomic mass is 35.5. The van der Waals surface area contributed by atoms with E-state index in [-0.39, 0.29) is 24.2 Å². The van der Waals surface area contributed by atoms with Crippen molar-refractivity contribution in [1.29, 1.82) is 0 Å². The molecule has 7 heteroatoms. The van der Waals surface area contributed by atoms with Gasteiger partial charge < -0.3 is 15.5 Å². The number of pyridine rings is 1. The van der Waals surface area contributed by atoms with E-state index in [1.807, 2.05) is 36.4 Å². The van der Waals surface area contributed by atoms with E-state index in [0.29, 0.717) is 22.0 Å². The van der Waals surface area contributed by atoms with E-state index < -0.39 is 0 Å². The van der Waals surface area contributed by atoms with Crippen LogP contribution in [-0.4, -0.2) is 28.9 Å². The number of hydrogen-bond acceptors (Lipinski definition) is 3. The Hall–Kier alpha value is -3.38. The van der Waals surface area contributed by atoms with E-state index >= 15 is 0 Å². The Morgan fingerprint density at radius 1 is 0.964 bits per heavy atom. The molecule has 0 aliphatic rings. The van der Waals surface area contributed by atoms with E-state index in [2.05, 4.69) is 15.6 Å². The summed E-state index contributed by atoms with van der Waals surface area (Å²) in [7, 11) is 1.67. The molecular formula is C21H19ClN4O2. The second-order valence-corrected chi connectivity index (χ2v) is 6.50. The molecule has 1 heterocycles. The molecule has 0 aliphatic heterocycles. The molecule has 28 heavy (non-hydrogen) atoms. The second-order valence-electron chi connectivity index (χ2n) is 6.10. The van der Waals surface area contributed by atoms with E-state index in [1.165, 1.54) is 4.90 Å². The highest BCUT2D eigenvalue weighted by Gasteiger charge is 2.16. The first kappa shape index (κ1) is 19.4. The van der Waals surface area contributed by atoms with Crippen LogP contribution in [0.5, 0.6) is 0 Å². The van der Waals surface area contributed by atoms with Crippen molar-refractivity contribution in [2.45, 2.75) is 6.54 Å². The Morgan fingerprint density at radius 3 is 2.43 bits per heavy atom. The van der Waals surface area contributed by atoms with Crippen molar-refractivity contribution in [2.24, 2.45) is 0 Å². The minimum Gasteiger partial charge on any atom is -0.323 e. The van der Waals surface area contributed by atoms with Gasteiger partial charge in [-0.15, -0.1) is 0 Å². The predicted molar refractivity (Wildman–Crippen MR) is 111 cm³/mol. The van der Waals surface area contributed by atoms with Crippen LogP contribution in [-0.2, 0) is 6.54 Å². The molecule has 0 saturated carbocycles. The zero-order valence-electron chi connectivity index (χ0n) is 15.2. The van der Waals surface area contributed by atoms with Crippen LogP contribution in [0.4, 0.5) is 16.2 Å². The molecule has 0 atom stereocenters. The number of carbonyl (C=O) groups is 2. The third-order valence-electron chi connectivity index (χ3n) is 4.02. The number of para-hydroxylation sites is 2. The molecule has 3 aromatic rings. The maximum Gasteiger partial charge on any atom is 0.321 e. The summed E-state index contributed by atoms with van der Waals surface area (Å²) >= 11 is 6.30. The van der Waals surface area contributed by atoms with Gasteiger partial charge >= 0.3 is 6.03 Å². The van der Waals surface area contributed by atoms with E-state index in [4.69, 9.17) is 11.6 Å². The number of amides is 3. The van der Waals surface area contributed by atoms with Gasteiger partial charge in [0.25, 0.3) is 5.91 Å². The third-order valence-corrected chi connectivity index (χ3v) is 4.33. The van der Waals surface area contributed by atoms with E-state index in [1.54, 1.807) is 43.6 Å². The Bertz CT molecular complexity index is 965. The van der Waals surface area contributed by atoms with Gasteiger partial charge in [0.05, 0.1) is 10.7 Å². The van der Waals surface area contributed by atoms with Gasteiger partial charge in [-0.1, -0.05) is 48.0 Å². The monoisotopic (exact) mass is 394 g/mol. The fourth-order valence-electron chi connectivity index (χ4n) is 2.58. The lowest BCUT2D eigenvalue weighted by atomic mass is 10.1. The predicted octanol–water partition coefficient (Wildman–Crippen LogP) is 4.65. The van der Waals surface area contributed by atoms with Crippen LogP contribution < -0.4 is 10.6 Å². The molecule has 0 saturated heterocycles. The molecule has 142 valence electrons. The number of anilines is 2. The van der Waals surface area contributed by atoms with Crippen LogP contribution in [0.1, 0.15) is 16.1 Å². The molecule has 0 spiro atoms. The van der Waals surface area contributed by atoms with Crippen LogP contribution in [0.25, 0.3) is 0 Å². The van der Waals surface area contributed by atoms with Crippen molar-refractivity contribution in [3.8, 4) is 0 Å². The van der Waals surface area contributed by atoms with Crippen LogP contribution in [0.2, 0.25) is 5.02 Å². The lowest BCUT2D eigenvalue weighted by Crippen LogP contribution is -2.31. The molecule has 2 aromatic carbocycles. The largest absolute Gasteiger partial charge is 0.323 e. The van der Waals surface area contributed by atoms with Crippen LogP contribution >= 0.6 is 11.6 Å². The molecule has 1 aromatic heterocycles. The fraction of sp³-hybridized carbons (Fsp3) is 0.0952. The Kier molecular flexibility index (Phi) is 6.24. The second kappa shape index (κ2) is 9.01. The summed E-state index contributed by atoms with van der Waals surface area (Å²) in [6.07, 6.45) is 1.55. The lowest BCUT2D eigenvalue weighted by Gasteiger charge is -2.20. The van der Waals surface area contributed by atoms with E-state index in [0.717, 1.165) is 0 Å². The summed E-state index contributed by atoms with van der Waals surface area (Å²) in [5, 5.41) is 6.00. The standard InChI is InChI=1S/C21H19ClN4O2/c1-26(21(28)24-16-9-3-2-4-10-16)14-15-8-7-11-17(22)19(15)25-20(27)18-12-5-6-13-23-18/h2-13H,14H2,1H3,(H,24,28)(H,25,27). The average molecular weight is 395 g/mol. The Labute approximate surface area is 168 Å². The molecular weight excluding hydrogens is 376 g/mol. The normalized spacial score (nSPS) is 10.2. The molecule has 6 nitrogen and oxygen atoms in total. The van der Waals surface area contributed by atoms with Gasteiger partial charge in [-0.05, 0) is 35.9 Å². The number of urea groups is 1. The average Bonchev–Trinajstić information content (AvgIpc) is 2.71. The van der Waals surface area contributed by atoms with Gasteiger partial charge in [0.1, 0.15) is 5.69 Å². The highest BCUT2D eigenvalue weighted by Crippen LogP contribution is 2.27. The first-order chi connectivity index (χ1) is 13.5. The van der Waals surface area contributed by atoms with Gasteiger partial charge in [-0.3, -0.25) is 9.78 Å². The number of rotatable bonds is 5. The van der Waals surface area contributed by atoms with Crippen molar-refractivity contribution < 1.29 is 9.59 Å². The first-order valence-electron chi connectivity index (χ1n) is 8.61. The molecule has 3 rings (SSSR count). The lowest BCUT2D eigenvalue weighted by molar-refractivity contribution is 0.102. The zero-order chi connectivity index (χ0) is 19.9. The summed E-state index contributed by atoms with van der Waals surface area (Å²) in [4.78, 5) is 30.4. The van der Waals surface area contributed by atoms with E-state index in [9.17, 15) is 9.59 Å². The first-order valence-corrected chi connectivity index (χ1v) is 8.99. The molecule has 3 amide bonds. The summed E-state index contributed by atoms with van der Waals surface area (Å²) in [5.74, 6) is -0.369. The van der Waals surface area contributed by atoms with Crippen molar-refractivity contribution in [1.82, 2.24) is 9.88 Å². The highest BCUT2D eigenvalue weighted by molar-refractivity contribution is 6.34. The minimum absolute atomic E-state index is 0.261. The number of halogens is 1. The molecule has 2 N–H and O–H groups in total. The number of benzene rings is 2. The smallest absolute Gasteiger partial charge is 0.321 e. The topological polar surface area (TPSA) is 74.3 Å². The minimum atomic E-state index is -0.369. The molecule has 0 fully saturated rings. The summed E-state index contributed by atoms with van der Waals surface area (Å²) in [6.45, 7) is 0.261. The van der Waals surface area contributed by atoms with Gasteiger partial charge in [0, 0.05) is 25.5 Å². The Balaban J connectivity index is 1.74. The van der Waals surface area contributed by atoms with Gasteiger partial charge in [0.2, 0.25) is 0 Å². The van der Waals surface area contributed by atoms with Crippen molar-refractivity contribution in [3.63, 3.8) is 0 Å². The van der Waals surface area contributed by atoms with Crippen LogP contribution in [0.3, 0.4) is 0 Å². The van der Waals surface area contributed by atoms with Gasteiger partial charge in [0.15, 0.2) is 0 Å². The maximum atomic E-state index is 12.5. The van der Waals surface area contributed by atoms with Crippen molar-refractivity contribution in [3.05, 3.63) is 89.2 Å². The molecule has 0 unspecified atom stereocenters. The van der Waals surface area contributed by atoms with Crippen LogP contribution in [0, 0.1) is 0 Å². The summed E-state index contributed by atoms with van der Waals surface area (Å²) in [6, 6.07) is 19.3. The van der Waals surface area contributed by atoms with Gasteiger partial charge in [-0.25, -0.2) is 4.79 Å².